The van der Waals surface area contributed by atoms with Crippen molar-refractivity contribution in [2.45, 2.75) is 44.1 Å². The lowest BCUT2D eigenvalue weighted by Crippen LogP contribution is -2.44. The van der Waals surface area contributed by atoms with E-state index in [1.54, 1.807) is 6.07 Å². The average molecular weight is 312 g/mol. The molecular weight excluding hydrogens is 293 g/mol. The first kappa shape index (κ1) is 15.9. The van der Waals surface area contributed by atoms with E-state index in [1.807, 2.05) is 13.0 Å². The first-order chi connectivity index (χ1) is 9.57. The third-order valence-electron chi connectivity index (χ3n) is 4.06. The van der Waals surface area contributed by atoms with Crippen molar-refractivity contribution in [1.29, 1.82) is 0 Å². The average Bonchev–Trinajstić information content (AvgIpc) is 2.84. The van der Waals surface area contributed by atoms with Crippen molar-refractivity contribution in [3.05, 3.63) is 47.4 Å². The molecule has 2 N–H and O–H groups in total. The Morgan fingerprint density at radius 2 is 2.19 bits per heavy atom. The highest BCUT2D eigenvalue weighted by Gasteiger charge is 2.39. The number of nitrogens with zero attached hydrogens (tertiary/aromatic N) is 2. The van der Waals surface area contributed by atoms with Crippen molar-refractivity contribution < 1.29 is 8.91 Å². The Hall–Kier alpha value is -1.46. The van der Waals surface area contributed by atoms with Crippen molar-refractivity contribution in [2.24, 2.45) is 5.73 Å². The highest BCUT2D eigenvalue weighted by Crippen LogP contribution is 2.37. The molecule has 2 aromatic rings. The van der Waals surface area contributed by atoms with E-state index in [4.69, 9.17) is 10.3 Å². The molecule has 0 amide bonds. The topological polar surface area (TPSA) is 64.9 Å². The number of hydrogen-bond acceptors (Lipinski definition) is 4. The summed E-state index contributed by atoms with van der Waals surface area (Å²) in [6.07, 6.45) is 3.52. The van der Waals surface area contributed by atoms with E-state index in [9.17, 15) is 4.39 Å². The summed E-state index contributed by atoms with van der Waals surface area (Å²) in [7, 11) is 0. The minimum Gasteiger partial charge on any atom is -0.339 e. The van der Waals surface area contributed by atoms with Gasteiger partial charge in [-0.1, -0.05) is 24.2 Å². The van der Waals surface area contributed by atoms with Crippen molar-refractivity contribution in [2.75, 3.05) is 0 Å². The number of aromatic nitrogens is 2. The van der Waals surface area contributed by atoms with Crippen LogP contribution in [0.25, 0.3) is 0 Å². The molecule has 0 bridgehead atoms. The Balaban J connectivity index is 0.00000161. The fourth-order valence-corrected chi connectivity index (χ4v) is 2.51. The second-order valence-corrected chi connectivity index (χ2v) is 5.68. The van der Waals surface area contributed by atoms with Crippen LogP contribution in [0.15, 0.2) is 28.8 Å². The van der Waals surface area contributed by atoms with Crippen molar-refractivity contribution in [1.82, 2.24) is 10.1 Å². The van der Waals surface area contributed by atoms with Crippen molar-refractivity contribution in [3.8, 4) is 0 Å². The zero-order chi connectivity index (χ0) is 14.2. The normalized spacial score (nSPS) is 17.7. The molecule has 0 radical (unpaired) electrons. The first-order valence-corrected chi connectivity index (χ1v) is 6.94. The van der Waals surface area contributed by atoms with Crippen LogP contribution in [0.1, 0.15) is 49.4 Å². The van der Waals surface area contributed by atoms with Crippen molar-refractivity contribution >= 4 is 12.4 Å². The van der Waals surface area contributed by atoms with Crippen LogP contribution in [-0.2, 0) is 12.0 Å². The Bertz CT molecular complexity index is 612. The molecule has 1 unspecified atom stereocenters. The van der Waals surface area contributed by atoms with E-state index in [1.165, 1.54) is 12.1 Å². The van der Waals surface area contributed by atoms with Gasteiger partial charge in [0.2, 0.25) is 5.89 Å². The molecule has 3 rings (SSSR count). The van der Waals surface area contributed by atoms with E-state index >= 15 is 0 Å². The van der Waals surface area contributed by atoms with Crippen LogP contribution in [0.3, 0.4) is 0 Å². The van der Waals surface area contributed by atoms with E-state index in [-0.39, 0.29) is 24.1 Å². The van der Waals surface area contributed by atoms with Crippen LogP contribution >= 0.6 is 12.4 Å². The monoisotopic (exact) mass is 311 g/mol. The summed E-state index contributed by atoms with van der Waals surface area (Å²) in [4.78, 5) is 4.40. The summed E-state index contributed by atoms with van der Waals surface area (Å²) in [5, 5.41) is 3.99. The summed E-state index contributed by atoms with van der Waals surface area (Å²) in [5.74, 6) is 1.06. The quantitative estimate of drug-likeness (QED) is 0.940. The van der Waals surface area contributed by atoms with Gasteiger partial charge in [-0.2, -0.15) is 4.98 Å². The fraction of sp³-hybridized carbons (Fsp3) is 0.467. The standard InChI is InChI=1S/C15H18FN3O.ClH/c1-10(11-4-2-5-12(16)9-11)8-13-18-14(19-20-13)15(17)6-3-7-15;/h2,4-5,9-10H,3,6-8,17H2,1H3;1H. The van der Waals surface area contributed by atoms with E-state index in [0.717, 1.165) is 24.8 Å². The van der Waals surface area contributed by atoms with E-state index in [0.29, 0.717) is 18.1 Å². The zero-order valence-corrected chi connectivity index (χ0v) is 12.7. The first-order valence-electron chi connectivity index (χ1n) is 6.94. The Morgan fingerprint density at radius 1 is 1.43 bits per heavy atom. The van der Waals surface area contributed by atoms with Gasteiger partial charge in [0.15, 0.2) is 5.82 Å². The molecular formula is C15H19ClFN3O. The Labute approximate surface area is 129 Å². The Kier molecular flexibility index (Phi) is 4.64. The van der Waals surface area contributed by atoms with Gasteiger partial charge in [0, 0.05) is 6.42 Å². The van der Waals surface area contributed by atoms with Gasteiger partial charge in [0.1, 0.15) is 5.82 Å². The highest BCUT2D eigenvalue weighted by molar-refractivity contribution is 5.85. The number of halogens is 2. The predicted molar refractivity (Wildman–Crippen MR) is 79.8 cm³/mol. The highest BCUT2D eigenvalue weighted by atomic mass is 35.5. The maximum Gasteiger partial charge on any atom is 0.227 e. The Morgan fingerprint density at radius 3 is 2.81 bits per heavy atom. The van der Waals surface area contributed by atoms with Crippen LogP contribution in [0.2, 0.25) is 0 Å². The second kappa shape index (κ2) is 6.12. The lowest BCUT2D eigenvalue weighted by Gasteiger charge is -2.34. The third-order valence-corrected chi connectivity index (χ3v) is 4.06. The van der Waals surface area contributed by atoms with Gasteiger partial charge in [0.25, 0.3) is 0 Å². The van der Waals surface area contributed by atoms with Crippen LogP contribution in [0.4, 0.5) is 4.39 Å². The smallest absolute Gasteiger partial charge is 0.227 e. The molecule has 1 heterocycles. The second-order valence-electron chi connectivity index (χ2n) is 5.68. The van der Waals surface area contributed by atoms with Crippen LogP contribution in [0, 0.1) is 5.82 Å². The SMILES string of the molecule is CC(Cc1nc(C2(N)CCC2)no1)c1cccc(F)c1.Cl. The summed E-state index contributed by atoms with van der Waals surface area (Å²) >= 11 is 0. The maximum absolute atomic E-state index is 13.2. The summed E-state index contributed by atoms with van der Waals surface area (Å²) in [5.41, 5.74) is 6.69. The lowest BCUT2D eigenvalue weighted by molar-refractivity contribution is 0.229. The molecule has 1 atom stereocenters. The molecule has 1 fully saturated rings. The molecule has 1 saturated carbocycles. The summed E-state index contributed by atoms with van der Waals surface area (Å²) in [6, 6.07) is 6.60. The molecule has 21 heavy (non-hydrogen) atoms. The van der Waals surface area contributed by atoms with Gasteiger partial charge in [0.05, 0.1) is 5.54 Å². The van der Waals surface area contributed by atoms with Crippen LogP contribution < -0.4 is 5.73 Å². The van der Waals surface area contributed by atoms with E-state index in [2.05, 4.69) is 10.1 Å². The molecule has 1 aromatic carbocycles. The molecule has 0 aliphatic heterocycles. The van der Waals surface area contributed by atoms with Gasteiger partial charge < -0.3 is 10.3 Å². The van der Waals surface area contributed by atoms with Gasteiger partial charge in [-0.3, -0.25) is 0 Å². The molecule has 1 aromatic heterocycles. The molecule has 0 spiro atoms. The maximum atomic E-state index is 13.2. The van der Waals surface area contributed by atoms with Crippen molar-refractivity contribution in [3.63, 3.8) is 0 Å². The molecule has 1 aliphatic rings. The molecule has 6 heteroatoms. The molecule has 114 valence electrons. The number of benzene rings is 1. The minimum atomic E-state index is -0.399. The summed E-state index contributed by atoms with van der Waals surface area (Å²) < 4.78 is 18.5. The third kappa shape index (κ3) is 3.24. The van der Waals surface area contributed by atoms with Crippen LogP contribution in [-0.4, -0.2) is 10.1 Å². The van der Waals surface area contributed by atoms with Crippen LogP contribution in [0.5, 0.6) is 0 Å². The van der Waals surface area contributed by atoms with Gasteiger partial charge in [-0.25, -0.2) is 4.39 Å². The van der Waals surface area contributed by atoms with E-state index < -0.39 is 5.54 Å². The number of nitrogens with two attached hydrogens (primary N) is 1. The lowest BCUT2D eigenvalue weighted by atomic mass is 9.77. The van der Waals surface area contributed by atoms with Gasteiger partial charge in [-0.05, 0) is 42.9 Å². The molecule has 4 nitrogen and oxygen atoms in total. The molecule has 1 aliphatic carbocycles. The largest absolute Gasteiger partial charge is 0.339 e. The molecule has 0 saturated heterocycles. The van der Waals surface area contributed by atoms with Gasteiger partial charge >= 0.3 is 0 Å². The minimum absolute atomic E-state index is 0. The fourth-order valence-electron chi connectivity index (χ4n) is 2.51. The summed E-state index contributed by atoms with van der Waals surface area (Å²) in [6.45, 7) is 2.01. The number of rotatable bonds is 4. The number of hydrogen-bond donors (Lipinski definition) is 1. The van der Waals surface area contributed by atoms with Gasteiger partial charge in [-0.15, -0.1) is 12.4 Å². The predicted octanol–water partition coefficient (Wildman–Crippen LogP) is 3.31. The zero-order valence-electron chi connectivity index (χ0n) is 11.9.